The number of nitrogens with one attached hydrogen (secondary N) is 1. The Morgan fingerprint density at radius 1 is 1.20 bits per heavy atom. The molecule has 0 aliphatic rings. The van der Waals surface area contributed by atoms with E-state index >= 15 is 0 Å². The van der Waals surface area contributed by atoms with Crippen molar-refractivity contribution in [3.8, 4) is 0 Å². The maximum absolute atomic E-state index is 12.3. The Morgan fingerprint density at radius 3 is 2.76 bits per heavy atom. The second-order valence-electron chi connectivity index (χ2n) is 5.30. The van der Waals surface area contributed by atoms with E-state index in [-0.39, 0.29) is 5.91 Å². The molecule has 2 aromatic carbocycles. The quantitative estimate of drug-likeness (QED) is 0.495. The van der Waals surface area contributed by atoms with Crippen molar-refractivity contribution >= 4 is 50.7 Å². The Hall–Kier alpha value is -3.06. The molecule has 3 rings (SSSR count). The number of hydrogen-bond donors (Lipinski definition) is 3. The maximum atomic E-state index is 12.3. The number of rotatable bonds is 3. The van der Waals surface area contributed by atoms with Crippen molar-refractivity contribution in [2.45, 2.75) is 0 Å². The number of fused-ring (bicyclic) bond motifs is 1. The lowest BCUT2D eigenvalue weighted by molar-refractivity contribution is 0.102. The first-order valence-corrected chi connectivity index (χ1v) is 8.73. The SMILES string of the molecule is CS/C(N)=N\c1cccc2ccc(NC(=O)c3ccc(N)cn3)cc12. The molecule has 0 saturated heterocycles. The van der Waals surface area contributed by atoms with Gasteiger partial charge in [0, 0.05) is 11.1 Å². The molecule has 0 fully saturated rings. The zero-order chi connectivity index (χ0) is 17.8. The zero-order valence-electron chi connectivity index (χ0n) is 13.6. The van der Waals surface area contributed by atoms with E-state index in [1.807, 2.05) is 42.7 Å². The predicted octanol–water partition coefficient (Wildman–Crippen LogP) is 3.38. The number of carbonyl (C=O) groups excluding carboxylic acids is 1. The van der Waals surface area contributed by atoms with E-state index in [4.69, 9.17) is 11.5 Å². The summed E-state index contributed by atoms with van der Waals surface area (Å²) in [7, 11) is 0. The van der Waals surface area contributed by atoms with Crippen LogP contribution in [0.5, 0.6) is 0 Å². The fourth-order valence-electron chi connectivity index (χ4n) is 2.33. The number of pyridine rings is 1. The molecule has 1 aromatic heterocycles. The minimum Gasteiger partial charge on any atom is -0.397 e. The smallest absolute Gasteiger partial charge is 0.274 e. The van der Waals surface area contributed by atoms with Crippen LogP contribution in [0.2, 0.25) is 0 Å². The van der Waals surface area contributed by atoms with Gasteiger partial charge in [-0.3, -0.25) is 4.79 Å². The van der Waals surface area contributed by atoms with Crippen molar-refractivity contribution in [3.63, 3.8) is 0 Å². The summed E-state index contributed by atoms with van der Waals surface area (Å²) in [5, 5.41) is 5.23. The number of nitrogens with two attached hydrogens (primary N) is 2. The summed E-state index contributed by atoms with van der Waals surface area (Å²) in [4.78, 5) is 20.7. The first kappa shape index (κ1) is 16.8. The van der Waals surface area contributed by atoms with E-state index in [0.29, 0.717) is 22.2 Å². The highest BCUT2D eigenvalue weighted by Crippen LogP contribution is 2.29. The molecule has 0 bridgehead atoms. The van der Waals surface area contributed by atoms with Gasteiger partial charge in [0.2, 0.25) is 0 Å². The highest BCUT2D eigenvalue weighted by Gasteiger charge is 2.09. The summed E-state index contributed by atoms with van der Waals surface area (Å²) < 4.78 is 0. The molecular formula is C18H17N5OS. The minimum absolute atomic E-state index is 0.298. The number of aliphatic imine (C=N–C) groups is 1. The third kappa shape index (κ3) is 3.89. The largest absolute Gasteiger partial charge is 0.397 e. The summed E-state index contributed by atoms with van der Waals surface area (Å²) in [6, 6.07) is 14.6. The second kappa shape index (κ2) is 7.23. The first-order chi connectivity index (χ1) is 12.1. The van der Waals surface area contributed by atoms with Gasteiger partial charge in [0.1, 0.15) is 5.69 Å². The van der Waals surface area contributed by atoms with Gasteiger partial charge in [-0.25, -0.2) is 9.98 Å². The summed E-state index contributed by atoms with van der Waals surface area (Å²) in [5.74, 6) is -0.302. The standard InChI is InChI=1S/C18H17N5OS/c1-25-18(20)23-15-4-2-3-11-5-7-13(9-14(11)15)22-17(24)16-8-6-12(19)10-21-16/h2-10H,19H2,1H3,(H2,20,23)(H,22,24). The molecule has 0 spiro atoms. The molecule has 5 N–H and O–H groups in total. The Labute approximate surface area is 149 Å². The number of amidine groups is 1. The number of benzene rings is 2. The van der Waals surface area contributed by atoms with Crippen LogP contribution >= 0.6 is 11.8 Å². The molecular weight excluding hydrogens is 334 g/mol. The number of hydrogen-bond acceptors (Lipinski definition) is 5. The number of anilines is 2. The first-order valence-electron chi connectivity index (χ1n) is 7.50. The van der Waals surface area contributed by atoms with Crippen LogP contribution in [0.1, 0.15) is 10.5 Å². The number of aromatic nitrogens is 1. The van der Waals surface area contributed by atoms with Crippen molar-refractivity contribution in [2.24, 2.45) is 10.7 Å². The topological polar surface area (TPSA) is 106 Å². The van der Waals surface area contributed by atoms with Crippen LogP contribution in [0.3, 0.4) is 0 Å². The summed E-state index contributed by atoms with van der Waals surface area (Å²) >= 11 is 1.38. The van der Waals surface area contributed by atoms with E-state index in [9.17, 15) is 4.79 Å². The molecule has 0 saturated carbocycles. The van der Waals surface area contributed by atoms with Gasteiger partial charge in [0.05, 0.1) is 17.6 Å². The van der Waals surface area contributed by atoms with Crippen molar-refractivity contribution in [3.05, 3.63) is 60.4 Å². The lowest BCUT2D eigenvalue weighted by Crippen LogP contribution is -2.13. The number of thioether (sulfide) groups is 1. The molecule has 0 unspecified atom stereocenters. The van der Waals surface area contributed by atoms with Crippen LogP contribution in [0.15, 0.2) is 59.7 Å². The van der Waals surface area contributed by atoms with Crippen LogP contribution in [0, 0.1) is 0 Å². The third-order valence-corrected chi connectivity index (χ3v) is 4.09. The molecule has 0 aliphatic heterocycles. The van der Waals surface area contributed by atoms with E-state index in [1.165, 1.54) is 18.0 Å². The highest BCUT2D eigenvalue weighted by atomic mass is 32.2. The minimum atomic E-state index is -0.302. The van der Waals surface area contributed by atoms with Crippen LogP contribution in [0.25, 0.3) is 10.8 Å². The van der Waals surface area contributed by atoms with E-state index in [1.54, 1.807) is 12.1 Å². The van der Waals surface area contributed by atoms with Gasteiger partial charge in [-0.1, -0.05) is 30.0 Å². The van der Waals surface area contributed by atoms with Gasteiger partial charge < -0.3 is 16.8 Å². The molecule has 3 aromatic rings. The fourth-order valence-corrected chi connectivity index (χ4v) is 2.52. The Morgan fingerprint density at radius 2 is 2.04 bits per heavy atom. The lowest BCUT2D eigenvalue weighted by Gasteiger charge is -2.08. The van der Waals surface area contributed by atoms with Crippen molar-refractivity contribution < 1.29 is 4.79 Å². The highest BCUT2D eigenvalue weighted by molar-refractivity contribution is 8.13. The fraction of sp³-hybridized carbons (Fsp3) is 0.0556. The Balaban J connectivity index is 1.93. The van der Waals surface area contributed by atoms with Crippen molar-refractivity contribution in [1.29, 1.82) is 0 Å². The number of amides is 1. The van der Waals surface area contributed by atoms with Gasteiger partial charge in [-0.05, 0) is 42.0 Å². The molecule has 126 valence electrons. The average Bonchev–Trinajstić information content (AvgIpc) is 2.62. The van der Waals surface area contributed by atoms with E-state index < -0.39 is 0 Å². The molecule has 6 nitrogen and oxygen atoms in total. The van der Waals surface area contributed by atoms with Gasteiger partial charge in [0.15, 0.2) is 5.17 Å². The molecule has 0 atom stereocenters. The van der Waals surface area contributed by atoms with E-state index in [2.05, 4.69) is 15.3 Å². The molecule has 1 heterocycles. The maximum Gasteiger partial charge on any atom is 0.274 e. The monoisotopic (exact) mass is 351 g/mol. The summed E-state index contributed by atoms with van der Waals surface area (Å²) in [6.45, 7) is 0. The Kier molecular flexibility index (Phi) is 4.85. The molecule has 0 radical (unpaired) electrons. The zero-order valence-corrected chi connectivity index (χ0v) is 14.4. The number of carbonyl (C=O) groups is 1. The lowest BCUT2D eigenvalue weighted by atomic mass is 10.1. The van der Waals surface area contributed by atoms with Crippen molar-refractivity contribution in [2.75, 3.05) is 17.3 Å². The summed E-state index contributed by atoms with van der Waals surface area (Å²) in [5.41, 5.74) is 13.6. The third-order valence-electron chi connectivity index (χ3n) is 3.58. The average molecular weight is 351 g/mol. The van der Waals surface area contributed by atoms with Gasteiger partial charge in [-0.2, -0.15) is 0 Å². The van der Waals surface area contributed by atoms with Crippen LogP contribution in [-0.2, 0) is 0 Å². The molecule has 1 amide bonds. The normalized spacial score (nSPS) is 11.5. The van der Waals surface area contributed by atoms with Gasteiger partial charge >= 0.3 is 0 Å². The van der Waals surface area contributed by atoms with Crippen LogP contribution in [0.4, 0.5) is 17.1 Å². The van der Waals surface area contributed by atoms with Crippen molar-refractivity contribution in [1.82, 2.24) is 4.98 Å². The number of nitrogens with zero attached hydrogens (tertiary/aromatic N) is 2. The van der Waals surface area contributed by atoms with E-state index in [0.717, 1.165) is 16.5 Å². The predicted molar refractivity (Wildman–Crippen MR) is 105 cm³/mol. The second-order valence-corrected chi connectivity index (χ2v) is 6.12. The molecule has 7 heteroatoms. The van der Waals surface area contributed by atoms with Crippen LogP contribution < -0.4 is 16.8 Å². The van der Waals surface area contributed by atoms with Gasteiger partial charge in [-0.15, -0.1) is 0 Å². The number of nitrogen functional groups attached to an aromatic ring is 1. The summed E-state index contributed by atoms with van der Waals surface area (Å²) in [6.07, 6.45) is 3.32. The van der Waals surface area contributed by atoms with Crippen LogP contribution in [-0.4, -0.2) is 22.3 Å². The Bertz CT molecular complexity index is 953. The van der Waals surface area contributed by atoms with Gasteiger partial charge in [0.25, 0.3) is 5.91 Å². The molecule has 0 aliphatic carbocycles. The molecule has 25 heavy (non-hydrogen) atoms.